The first-order valence-corrected chi connectivity index (χ1v) is 9.35. The molecule has 1 aromatic carbocycles. The average molecular weight is 324 g/mol. The molecule has 0 aliphatic carbocycles. The van der Waals surface area contributed by atoms with Gasteiger partial charge in [-0.25, -0.2) is 22.0 Å². The molecule has 108 valence electrons. The number of hydrogen-bond acceptors (Lipinski definition) is 2. The van der Waals surface area contributed by atoms with Gasteiger partial charge in [0, 0.05) is 0 Å². The van der Waals surface area contributed by atoms with Crippen molar-refractivity contribution in [1.29, 1.82) is 0 Å². The Morgan fingerprint density at radius 3 is 1.45 bits per heavy atom. The van der Waals surface area contributed by atoms with Crippen molar-refractivity contribution in [2.24, 2.45) is 0 Å². The smallest absolute Gasteiger partial charge is 0.439 e. The van der Waals surface area contributed by atoms with Crippen molar-refractivity contribution in [2.75, 3.05) is 0 Å². The van der Waals surface area contributed by atoms with Crippen LogP contribution in [-0.4, -0.2) is 38.2 Å². The molecule has 0 atom stereocenters. The zero-order valence-electron chi connectivity index (χ0n) is 11.1. The lowest BCUT2D eigenvalue weighted by Crippen LogP contribution is -2.44. The van der Waals surface area contributed by atoms with Crippen molar-refractivity contribution < 1.29 is 29.4 Å². The molecule has 0 unspecified atom stereocenters. The fraction of sp³-hybridized carbons (Fsp3) is 0.400. The number of halogens is 5. The van der Waals surface area contributed by atoms with Gasteiger partial charge >= 0.3 is 38.2 Å². The van der Waals surface area contributed by atoms with Crippen molar-refractivity contribution in [2.45, 2.75) is 24.4 Å². The second-order valence-electron chi connectivity index (χ2n) is 4.06. The second-order valence-corrected chi connectivity index (χ2v) is 7.54. The van der Waals surface area contributed by atoms with Crippen LogP contribution < -0.4 is 5.46 Å². The molecule has 1 rings (SSSR count). The summed E-state index contributed by atoms with van der Waals surface area (Å²) in [7, 11) is -1.50. The van der Waals surface area contributed by atoms with E-state index >= 15 is 0 Å². The summed E-state index contributed by atoms with van der Waals surface area (Å²) >= 11 is -2.28. The standard InChI is InChI=1S/C6BF5O2.2C2H5.2Al.2H/c8-2-1(7(13)14)3(9)5(11)6(12)4(2)10;2*1-2;;;;/h;2*1H2,2H3;;;;/q-2;;;2*+1;;. The quantitative estimate of drug-likeness (QED) is 0.329. The minimum Gasteiger partial charge on any atom is -0.544 e. The lowest BCUT2D eigenvalue weighted by atomic mass is 9.79. The maximum absolute atomic E-state index is 13.7. The molecule has 10 heteroatoms. The number of hydrogen-bond donors (Lipinski definition) is 0. The van der Waals surface area contributed by atoms with E-state index in [1.165, 1.54) is 0 Å². The van der Waals surface area contributed by atoms with Crippen LogP contribution in [0.25, 0.3) is 0 Å². The van der Waals surface area contributed by atoms with Crippen LogP contribution in [0.1, 0.15) is 13.8 Å². The van der Waals surface area contributed by atoms with Crippen LogP contribution >= 0.6 is 0 Å². The van der Waals surface area contributed by atoms with E-state index in [-0.39, 0.29) is 0 Å². The Morgan fingerprint density at radius 2 is 1.10 bits per heavy atom. The predicted octanol–water partition coefficient (Wildman–Crippen LogP) is 1.69. The van der Waals surface area contributed by atoms with Crippen molar-refractivity contribution in [3.8, 4) is 0 Å². The van der Waals surface area contributed by atoms with E-state index in [1.54, 1.807) is 13.8 Å². The molecule has 0 spiro atoms. The zero-order valence-corrected chi connectivity index (χ0v) is 13.9. The molecule has 0 N–H and O–H groups in total. The van der Waals surface area contributed by atoms with E-state index < -0.39 is 72.8 Å². The highest BCUT2D eigenvalue weighted by Gasteiger charge is 2.34. The van der Waals surface area contributed by atoms with Gasteiger partial charge in [-0.05, 0) is 0 Å². The van der Waals surface area contributed by atoms with Gasteiger partial charge < -0.3 is 7.41 Å². The molecule has 0 fully saturated rings. The van der Waals surface area contributed by atoms with Crippen molar-refractivity contribution >= 4 is 43.7 Å². The van der Waals surface area contributed by atoms with Crippen LogP contribution in [0.4, 0.5) is 22.0 Å². The third kappa shape index (κ3) is 3.98. The zero-order chi connectivity index (χ0) is 15.3. The summed E-state index contributed by atoms with van der Waals surface area (Å²) in [5.74, 6) is -9.91. The molecule has 0 aromatic heterocycles. The van der Waals surface area contributed by atoms with Crippen LogP contribution in [0, 0.1) is 29.1 Å². The number of benzene rings is 1. The Hall–Kier alpha value is -0.0801. The molecule has 2 nitrogen and oxygen atoms in total. The Kier molecular flexibility index (Phi) is 7.53. The molecule has 20 heavy (non-hydrogen) atoms. The third-order valence-corrected chi connectivity index (χ3v) is 4.32. The summed E-state index contributed by atoms with van der Waals surface area (Å²) in [5, 5.41) is 1.31. The van der Waals surface area contributed by atoms with Gasteiger partial charge in [-0.1, -0.05) is 24.4 Å². The first-order chi connectivity index (χ1) is 9.45. The highest BCUT2D eigenvalue weighted by molar-refractivity contribution is 6.70. The van der Waals surface area contributed by atoms with Gasteiger partial charge in [0.2, 0.25) is 0 Å². The maximum atomic E-state index is 13.7. The average Bonchev–Trinajstić information content (AvgIpc) is 2.45. The molecule has 0 saturated heterocycles. The van der Waals surface area contributed by atoms with Crippen LogP contribution in [0.5, 0.6) is 0 Å². The van der Waals surface area contributed by atoms with E-state index in [1.807, 2.05) is 0 Å². The molecule has 0 bridgehead atoms. The lowest BCUT2D eigenvalue weighted by molar-refractivity contribution is 0.378. The predicted molar refractivity (Wildman–Crippen MR) is 69.0 cm³/mol. The molecule has 1 aromatic rings. The fourth-order valence-corrected chi connectivity index (χ4v) is 3.11. The SMILES string of the molecule is C[CH2][AlH][O]B([O][AlH][CH2]C)c1c(F)c(F)c(F)c(F)c1F. The third-order valence-electron chi connectivity index (χ3n) is 2.43. The molecule has 0 heterocycles. The summed E-state index contributed by atoms with van der Waals surface area (Å²) in [6, 6.07) is 0. The van der Waals surface area contributed by atoms with Crippen LogP contribution in [0.3, 0.4) is 0 Å². The first-order valence-electron chi connectivity index (χ1n) is 6.20. The largest absolute Gasteiger partial charge is 0.544 e. The number of rotatable bonds is 7. The van der Waals surface area contributed by atoms with Crippen LogP contribution in [0.2, 0.25) is 10.6 Å². The van der Waals surface area contributed by atoms with E-state index in [9.17, 15) is 22.0 Å². The summed E-state index contributed by atoms with van der Waals surface area (Å²) in [6.07, 6.45) is 0. The van der Waals surface area contributed by atoms with Gasteiger partial charge in [-0.3, -0.25) is 0 Å². The normalized spacial score (nSPS) is 10.6. The molecule has 0 aliphatic rings. The summed E-state index contributed by atoms with van der Waals surface area (Å²) in [6.45, 7) is 3.61. The molecular weight excluding hydrogens is 312 g/mol. The van der Waals surface area contributed by atoms with E-state index in [0.717, 1.165) is 0 Å². The highest BCUT2D eigenvalue weighted by Crippen LogP contribution is 2.17. The monoisotopic (exact) mass is 324 g/mol. The van der Waals surface area contributed by atoms with Gasteiger partial charge in [-0.2, -0.15) is 0 Å². The van der Waals surface area contributed by atoms with E-state index in [2.05, 4.69) is 0 Å². The molecule has 0 saturated carbocycles. The van der Waals surface area contributed by atoms with Crippen molar-refractivity contribution in [1.82, 2.24) is 0 Å². The fourth-order valence-electron chi connectivity index (χ4n) is 1.49. The first kappa shape index (κ1) is 18.0. The maximum Gasteiger partial charge on any atom is 0.439 e. The summed E-state index contributed by atoms with van der Waals surface area (Å²) in [5.41, 5.74) is -1.02. The van der Waals surface area contributed by atoms with Crippen molar-refractivity contribution in [3.63, 3.8) is 0 Å². The van der Waals surface area contributed by atoms with Crippen molar-refractivity contribution in [3.05, 3.63) is 29.1 Å². The Balaban J connectivity index is 3.24. The van der Waals surface area contributed by atoms with Gasteiger partial charge in [-0.15, -0.1) is 0 Å². The van der Waals surface area contributed by atoms with Gasteiger partial charge in [0.05, 0.1) is 5.46 Å². The minimum absolute atomic E-state index is 0.656. The van der Waals surface area contributed by atoms with Gasteiger partial charge in [0.15, 0.2) is 29.1 Å². The van der Waals surface area contributed by atoms with Crippen LogP contribution in [-0.2, 0) is 7.41 Å². The minimum atomic E-state index is -2.18. The summed E-state index contributed by atoms with van der Waals surface area (Å²) in [4.78, 5) is 0. The van der Waals surface area contributed by atoms with E-state index in [0.29, 0.717) is 10.6 Å². The second kappa shape index (κ2) is 8.38. The lowest BCUT2D eigenvalue weighted by Gasteiger charge is -2.18. The highest BCUT2D eigenvalue weighted by atomic mass is 27.1. The van der Waals surface area contributed by atoms with Gasteiger partial charge in [0.1, 0.15) is 0 Å². The Morgan fingerprint density at radius 1 is 0.750 bits per heavy atom. The van der Waals surface area contributed by atoms with Gasteiger partial charge in [0.25, 0.3) is 0 Å². The molecule has 0 radical (unpaired) electrons. The Bertz CT molecular complexity index is 440. The topological polar surface area (TPSA) is 18.5 Å². The Labute approximate surface area is 126 Å². The summed E-state index contributed by atoms with van der Waals surface area (Å²) < 4.78 is 77.0. The molecule has 0 aliphatic heterocycles. The molecular formula is C10H12Al2BF5O2. The molecule has 0 amide bonds. The van der Waals surface area contributed by atoms with Crippen LogP contribution in [0.15, 0.2) is 0 Å². The van der Waals surface area contributed by atoms with E-state index in [4.69, 9.17) is 7.41 Å².